The molecule has 2 aromatic rings. The van der Waals surface area contributed by atoms with E-state index in [2.05, 4.69) is 10.3 Å². The Balaban J connectivity index is 1.54. The highest BCUT2D eigenvalue weighted by Gasteiger charge is 2.34. The summed E-state index contributed by atoms with van der Waals surface area (Å²) < 4.78 is 0. The second-order valence-electron chi connectivity index (χ2n) is 5.20. The normalized spacial score (nSPS) is 13.3. The van der Waals surface area contributed by atoms with Gasteiger partial charge in [-0.05, 0) is 19.1 Å². The van der Waals surface area contributed by atoms with Crippen molar-refractivity contribution >= 4 is 29.1 Å². The molecule has 0 bridgehead atoms. The molecule has 1 aromatic heterocycles. The molecule has 0 saturated heterocycles. The minimum Gasteiger partial charge on any atom is -0.350 e. The van der Waals surface area contributed by atoms with Gasteiger partial charge in [-0.3, -0.25) is 19.3 Å². The molecular formula is C16H15N3O3S. The van der Waals surface area contributed by atoms with Crippen LogP contribution in [0, 0.1) is 6.92 Å². The lowest BCUT2D eigenvalue weighted by Crippen LogP contribution is -2.34. The van der Waals surface area contributed by atoms with Crippen LogP contribution in [0.4, 0.5) is 0 Å². The minimum absolute atomic E-state index is 0.0784. The van der Waals surface area contributed by atoms with Gasteiger partial charge < -0.3 is 5.32 Å². The number of benzene rings is 1. The van der Waals surface area contributed by atoms with Crippen molar-refractivity contribution in [3.8, 4) is 0 Å². The van der Waals surface area contributed by atoms with Crippen LogP contribution in [-0.2, 0) is 11.3 Å². The number of carbonyl (C=O) groups excluding carboxylic acids is 3. The van der Waals surface area contributed by atoms with Crippen LogP contribution in [0.1, 0.15) is 37.0 Å². The van der Waals surface area contributed by atoms with Gasteiger partial charge in [-0.15, -0.1) is 11.3 Å². The van der Waals surface area contributed by atoms with Crippen molar-refractivity contribution in [3.05, 3.63) is 51.5 Å². The topological polar surface area (TPSA) is 79.4 Å². The van der Waals surface area contributed by atoms with Crippen molar-refractivity contribution in [2.75, 3.05) is 6.54 Å². The summed E-state index contributed by atoms with van der Waals surface area (Å²) in [6, 6.07) is 6.69. The first-order chi connectivity index (χ1) is 11.1. The average molecular weight is 329 g/mol. The van der Waals surface area contributed by atoms with Gasteiger partial charge in [0.15, 0.2) is 0 Å². The summed E-state index contributed by atoms with van der Waals surface area (Å²) in [7, 11) is 0. The third-order valence-electron chi connectivity index (χ3n) is 3.55. The molecule has 1 N–H and O–H groups in total. The Morgan fingerprint density at radius 2 is 1.87 bits per heavy atom. The van der Waals surface area contributed by atoms with E-state index in [1.165, 1.54) is 11.3 Å². The van der Waals surface area contributed by atoms with Crippen LogP contribution in [-0.4, -0.2) is 34.2 Å². The highest BCUT2D eigenvalue weighted by atomic mass is 32.1. The van der Waals surface area contributed by atoms with E-state index in [0.29, 0.717) is 17.7 Å². The van der Waals surface area contributed by atoms with Crippen molar-refractivity contribution in [2.24, 2.45) is 0 Å². The molecule has 1 aromatic carbocycles. The fourth-order valence-corrected chi connectivity index (χ4v) is 3.13. The van der Waals surface area contributed by atoms with Gasteiger partial charge in [0.1, 0.15) is 5.01 Å². The fraction of sp³-hybridized carbons (Fsp3) is 0.250. The number of aryl methyl sites for hydroxylation is 1. The number of rotatable bonds is 5. The van der Waals surface area contributed by atoms with Crippen LogP contribution in [0.15, 0.2) is 30.5 Å². The molecule has 1 aliphatic rings. The van der Waals surface area contributed by atoms with Crippen molar-refractivity contribution in [1.82, 2.24) is 15.2 Å². The van der Waals surface area contributed by atoms with Crippen LogP contribution in [0.3, 0.4) is 0 Å². The quantitative estimate of drug-likeness (QED) is 0.848. The van der Waals surface area contributed by atoms with Gasteiger partial charge in [-0.25, -0.2) is 4.98 Å². The van der Waals surface area contributed by atoms with Gasteiger partial charge >= 0.3 is 0 Å². The van der Waals surface area contributed by atoms with Crippen molar-refractivity contribution < 1.29 is 14.4 Å². The Kier molecular flexibility index (Phi) is 4.20. The predicted octanol–water partition coefficient (Wildman–Crippen LogP) is 1.75. The third-order valence-corrected chi connectivity index (χ3v) is 4.46. The fourth-order valence-electron chi connectivity index (χ4n) is 2.40. The molecule has 2 heterocycles. The van der Waals surface area contributed by atoms with Gasteiger partial charge in [0.25, 0.3) is 11.8 Å². The number of aromatic nitrogens is 1. The zero-order chi connectivity index (χ0) is 16.4. The first kappa shape index (κ1) is 15.4. The van der Waals surface area contributed by atoms with Gasteiger partial charge in [-0.1, -0.05) is 12.1 Å². The number of fused-ring (bicyclic) bond motifs is 1. The van der Waals surface area contributed by atoms with E-state index >= 15 is 0 Å². The predicted molar refractivity (Wildman–Crippen MR) is 85.1 cm³/mol. The molecule has 0 spiro atoms. The van der Waals surface area contributed by atoms with Crippen LogP contribution < -0.4 is 5.32 Å². The molecular weight excluding hydrogens is 314 g/mol. The molecule has 23 heavy (non-hydrogen) atoms. The summed E-state index contributed by atoms with van der Waals surface area (Å²) in [5, 5.41) is 3.58. The highest BCUT2D eigenvalue weighted by Crippen LogP contribution is 2.22. The van der Waals surface area contributed by atoms with Crippen LogP contribution in [0.2, 0.25) is 0 Å². The number of thiazole rings is 1. The number of imide groups is 1. The molecule has 0 saturated carbocycles. The number of hydrogen-bond acceptors (Lipinski definition) is 5. The van der Waals surface area contributed by atoms with Crippen molar-refractivity contribution in [1.29, 1.82) is 0 Å². The van der Waals surface area contributed by atoms with Gasteiger partial charge in [-0.2, -0.15) is 0 Å². The summed E-state index contributed by atoms with van der Waals surface area (Å²) in [6.45, 7) is 2.39. The van der Waals surface area contributed by atoms with Gasteiger partial charge in [0.2, 0.25) is 5.91 Å². The first-order valence-corrected chi connectivity index (χ1v) is 8.01. The molecule has 0 unspecified atom stereocenters. The SMILES string of the molecule is Cc1cnc(CNC(=O)CCN2C(=O)c3ccccc3C2=O)s1. The van der Waals surface area contributed by atoms with E-state index in [4.69, 9.17) is 0 Å². The molecule has 1 aliphatic heterocycles. The Bertz CT molecular complexity index is 749. The number of carbonyl (C=O) groups is 3. The van der Waals surface area contributed by atoms with Crippen molar-refractivity contribution in [2.45, 2.75) is 19.9 Å². The van der Waals surface area contributed by atoms with Gasteiger partial charge in [0.05, 0.1) is 17.7 Å². The highest BCUT2D eigenvalue weighted by molar-refractivity contribution is 7.11. The summed E-state index contributed by atoms with van der Waals surface area (Å²) in [6.07, 6.45) is 1.83. The maximum absolute atomic E-state index is 12.2. The first-order valence-electron chi connectivity index (χ1n) is 7.19. The summed E-state index contributed by atoms with van der Waals surface area (Å²) in [5.74, 6) is -0.891. The van der Waals surface area contributed by atoms with Gasteiger partial charge in [0, 0.05) is 24.0 Å². The standard InChI is InChI=1S/C16H15N3O3S/c1-10-8-18-14(23-10)9-17-13(20)6-7-19-15(21)11-4-2-3-5-12(11)16(19)22/h2-5,8H,6-7,9H2,1H3,(H,17,20). The molecule has 118 valence electrons. The molecule has 7 heteroatoms. The molecule has 0 aliphatic carbocycles. The minimum atomic E-state index is -0.339. The number of nitrogens with zero attached hydrogens (tertiary/aromatic N) is 2. The van der Waals surface area contributed by atoms with E-state index in [1.807, 2.05) is 6.92 Å². The van der Waals surface area contributed by atoms with Crippen LogP contribution in [0.5, 0.6) is 0 Å². The number of nitrogens with one attached hydrogen (secondary N) is 1. The lowest BCUT2D eigenvalue weighted by atomic mass is 10.1. The smallest absolute Gasteiger partial charge is 0.261 e. The van der Waals surface area contributed by atoms with Crippen LogP contribution in [0.25, 0.3) is 0 Å². The molecule has 0 fully saturated rings. The van der Waals surface area contributed by atoms with E-state index in [1.54, 1.807) is 30.5 Å². The molecule has 6 nitrogen and oxygen atoms in total. The number of hydrogen-bond donors (Lipinski definition) is 1. The lowest BCUT2D eigenvalue weighted by molar-refractivity contribution is -0.121. The molecule has 3 amide bonds. The van der Waals surface area contributed by atoms with E-state index < -0.39 is 0 Å². The Hall–Kier alpha value is -2.54. The Morgan fingerprint density at radius 1 is 1.22 bits per heavy atom. The summed E-state index contributed by atoms with van der Waals surface area (Å²) in [5.41, 5.74) is 0.798. The molecule has 0 atom stereocenters. The Labute approximate surface area is 137 Å². The van der Waals surface area contributed by atoms with E-state index in [0.717, 1.165) is 14.8 Å². The maximum Gasteiger partial charge on any atom is 0.261 e. The molecule has 3 rings (SSSR count). The van der Waals surface area contributed by atoms with E-state index in [-0.39, 0.29) is 30.7 Å². The zero-order valence-electron chi connectivity index (χ0n) is 12.5. The zero-order valence-corrected chi connectivity index (χ0v) is 13.4. The van der Waals surface area contributed by atoms with Crippen molar-refractivity contribution in [3.63, 3.8) is 0 Å². The average Bonchev–Trinajstić information content (AvgIpc) is 3.07. The second kappa shape index (κ2) is 6.29. The largest absolute Gasteiger partial charge is 0.350 e. The lowest BCUT2D eigenvalue weighted by Gasteiger charge is -2.13. The molecule has 0 radical (unpaired) electrons. The van der Waals surface area contributed by atoms with E-state index in [9.17, 15) is 14.4 Å². The third kappa shape index (κ3) is 3.14. The van der Waals surface area contributed by atoms with Crippen LogP contribution >= 0.6 is 11.3 Å². The maximum atomic E-state index is 12.2. The summed E-state index contributed by atoms with van der Waals surface area (Å²) in [4.78, 5) is 42.6. The number of amides is 3. The second-order valence-corrected chi connectivity index (χ2v) is 6.52. The monoisotopic (exact) mass is 329 g/mol. The Morgan fingerprint density at radius 3 is 2.43 bits per heavy atom. The summed E-state index contributed by atoms with van der Waals surface area (Å²) >= 11 is 1.52.